The third-order valence-electron chi connectivity index (χ3n) is 6.72. The van der Waals surface area contributed by atoms with Gasteiger partial charge in [0, 0.05) is 12.3 Å². The molecule has 3 saturated heterocycles. The number of halogens is 3. The second-order valence-corrected chi connectivity index (χ2v) is 10.0. The molecule has 14 heteroatoms. The number of rotatable bonds is 9. The summed E-state index contributed by atoms with van der Waals surface area (Å²) in [7, 11) is -6.20. The summed E-state index contributed by atoms with van der Waals surface area (Å²) in [5.74, 6) is -2.72. The van der Waals surface area contributed by atoms with Gasteiger partial charge in [0.25, 0.3) is 0 Å². The number of hydrogen-bond acceptors (Lipinski definition) is 10. The standard InChI is InChI=1S/C18H23F3O10S/c19-8(18(20,21)32(25,26)27)3-6-28-9(22)7-29-14-13-11(17(24)4-1-2-5-17)10-12(30-13)15(14)31-16(10)23/h8,10-15,24H,1-7H2,(H,25,26,27)/p-1. The van der Waals surface area contributed by atoms with Crippen molar-refractivity contribution in [2.45, 2.75) is 73.5 Å². The molecule has 32 heavy (non-hydrogen) atoms. The Morgan fingerprint density at radius 2 is 1.94 bits per heavy atom. The van der Waals surface area contributed by atoms with Gasteiger partial charge in [0.05, 0.1) is 24.2 Å². The van der Waals surface area contributed by atoms with Crippen molar-refractivity contribution < 1.29 is 59.8 Å². The summed E-state index contributed by atoms with van der Waals surface area (Å²) in [6.07, 6.45) is -4.86. The lowest BCUT2D eigenvalue weighted by atomic mass is 9.69. The van der Waals surface area contributed by atoms with Gasteiger partial charge in [-0.3, -0.25) is 4.79 Å². The van der Waals surface area contributed by atoms with Gasteiger partial charge in [-0.25, -0.2) is 17.6 Å². The second kappa shape index (κ2) is 8.08. The van der Waals surface area contributed by atoms with Crippen molar-refractivity contribution in [3.63, 3.8) is 0 Å². The third-order valence-corrected chi connectivity index (χ3v) is 7.64. The fourth-order valence-corrected chi connectivity index (χ4v) is 5.71. The molecule has 1 N–H and O–H groups in total. The maximum atomic E-state index is 13.4. The summed E-state index contributed by atoms with van der Waals surface area (Å²) in [4.78, 5) is 24.2. The first kappa shape index (κ1) is 23.7. The van der Waals surface area contributed by atoms with Gasteiger partial charge in [0.1, 0.15) is 18.8 Å². The molecule has 7 atom stereocenters. The summed E-state index contributed by atoms with van der Waals surface area (Å²) < 4.78 is 92.0. The SMILES string of the molecule is O=C(COC1C2OC(=O)C3C2OC1C3C1(O)CCCC1)OCCC(F)C(F)(F)S(=O)(=O)[O-]. The minimum atomic E-state index is -6.20. The van der Waals surface area contributed by atoms with Crippen molar-refractivity contribution >= 4 is 22.1 Å². The Morgan fingerprint density at radius 1 is 1.28 bits per heavy atom. The summed E-state index contributed by atoms with van der Waals surface area (Å²) >= 11 is 0. The van der Waals surface area contributed by atoms with Crippen LogP contribution in [0.5, 0.6) is 0 Å². The van der Waals surface area contributed by atoms with Crippen molar-refractivity contribution in [2.24, 2.45) is 11.8 Å². The lowest BCUT2D eigenvalue weighted by molar-refractivity contribution is -0.158. The molecule has 4 fully saturated rings. The van der Waals surface area contributed by atoms with Crippen LogP contribution < -0.4 is 0 Å². The van der Waals surface area contributed by atoms with Crippen molar-refractivity contribution in [3.8, 4) is 0 Å². The van der Waals surface area contributed by atoms with Gasteiger partial charge in [0.2, 0.25) is 0 Å². The number of alkyl halides is 3. The highest BCUT2D eigenvalue weighted by Gasteiger charge is 2.72. The van der Waals surface area contributed by atoms with Gasteiger partial charge in [-0.2, -0.15) is 8.78 Å². The number of ether oxygens (including phenoxy) is 4. The molecule has 7 unspecified atom stereocenters. The van der Waals surface area contributed by atoms with Crippen LogP contribution in [0, 0.1) is 11.8 Å². The predicted octanol–water partition coefficient (Wildman–Crippen LogP) is 0.0249. The van der Waals surface area contributed by atoms with Crippen LogP contribution in [0.1, 0.15) is 32.1 Å². The molecule has 0 aromatic carbocycles. The van der Waals surface area contributed by atoms with Gasteiger partial charge >= 0.3 is 17.2 Å². The Morgan fingerprint density at radius 3 is 2.56 bits per heavy atom. The van der Waals surface area contributed by atoms with E-state index in [1.54, 1.807) is 0 Å². The second-order valence-electron chi connectivity index (χ2n) is 8.60. The minimum Gasteiger partial charge on any atom is -0.743 e. The highest BCUT2D eigenvalue weighted by molar-refractivity contribution is 7.86. The van der Waals surface area contributed by atoms with Crippen molar-refractivity contribution in [1.82, 2.24) is 0 Å². The quantitative estimate of drug-likeness (QED) is 0.349. The molecule has 4 rings (SSSR count). The van der Waals surface area contributed by atoms with Crippen molar-refractivity contribution in [2.75, 3.05) is 13.2 Å². The van der Waals surface area contributed by atoms with Crippen LogP contribution in [0.3, 0.4) is 0 Å². The molecule has 1 saturated carbocycles. The molecule has 1 aliphatic carbocycles. The van der Waals surface area contributed by atoms with Gasteiger partial charge in [0.15, 0.2) is 22.4 Å². The van der Waals surface area contributed by atoms with Crippen LogP contribution in [0.2, 0.25) is 0 Å². The maximum Gasteiger partial charge on any atom is 0.364 e. The summed E-state index contributed by atoms with van der Waals surface area (Å²) in [6.45, 7) is -1.61. The van der Waals surface area contributed by atoms with Crippen LogP contribution in [0.15, 0.2) is 0 Å². The summed E-state index contributed by atoms with van der Waals surface area (Å²) in [6, 6.07) is 0. The van der Waals surface area contributed by atoms with E-state index in [1.165, 1.54) is 0 Å². The first-order valence-electron chi connectivity index (χ1n) is 10.2. The highest BCUT2D eigenvalue weighted by atomic mass is 32.2. The van der Waals surface area contributed by atoms with E-state index in [0.717, 1.165) is 12.8 Å². The number of carbonyl (C=O) groups excluding carboxylic acids is 2. The highest BCUT2D eigenvalue weighted by Crippen LogP contribution is 2.57. The van der Waals surface area contributed by atoms with Gasteiger partial charge < -0.3 is 28.6 Å². The Hall–Kier alpha value is -1.48. The smallest absolute Gasteiger partial charge is 0.364 e. The first-order valence-corrected chi connectivity index (χ1v) is 11.6. The molecule has 0 radical (unpaired) electrons. The maximum absolute atomic E-state index is 13.4. The van der Waals surface area contributed by atoms with E-state index in [9.17, 15) is 40.8 Å². The van der Waals surface area contributed by atoms with Crippen LogP contribution in [-0.4, -0.2) is 84.7 Å². The summed E-state index contributed by atoms with van der Waals surface area (Å²) in [5.41, 5.74) is -1.11. The lowest BCUT2D eigenvalue weighted by Crippen LogP contribution is -2.53. The molecule has 0 amide bonds. The molecular weight excluding hydrogens is 465 g/mol. The van der Waals surface area contributed by atoms with Crippen LogP contribution in [0.4, 0.5) is 13.2 Å². The molecule has 10 nitrogen and oxygen atoms in total. The topological polar surface area (TPSA) is 148 Å². The molecule has 4 aliphatic rings. The predicted molar refractivity (Wildman–Crippen MR) is 93.8 cm³/mol. The molecule has 0 aromatic rings. The van der Waals surface area contributed by atoms with E-state index in [-0.39, 0.29) is 0 Å². The molecular formula is C18H22F3O10S-. The van der Waals surface area contributed by atoms with E-state index >= 15 is 0 Å². The summed E-state index contributed by atoms with van der Waals surface area (Å²) in [5, 5.41) is 5.90. The zero-order valence-electron chi connectivity index (χ0n) is 16.7. The normalized spacial score (nSPS) is 36.3. The number of hydrogen-bond donors (Lipinski definition) is 1. The molecule has 3 aliphatic heterocycles. The van der Waals surface area contributed by atoms with Crippen molar-refractivity contribution in [3.05, 3.63) is 0 Å². The largest absolute Gasteiger partial charge is 0.743 e. The first-order chi connectivity index (χ1) is 14.9. The van der Waals surface area contributed by atoms with Gasteiger partial charge in [-0.15, -0.1) is 0 Å². The molecule has 182 valence electrons. The Kier molecular flexibility index (Phi) is 5.98. The Balaban J connectivity index is 1.31. The fourth-order valence-electron chi connectivity index (χ4n) is 5.28. The molecule has 2 bridgehead atoms. The Labute approximate surface area is 181 Å². The molecule has 3 heterocycles. The van der Waals surface area contributed by atoms with E-state index in [4.69, 9.17) is 14.2 Å². The van der Waals surface area contributed by atoms with Crippen molar-refractivity contribution in [1.29, 1.82) is 0 Å². The van der Waals surface area contributed by atoms with Crippen LogP contribution in [0.25, 0.3) is 0 Å². The van der Waals surface area contributed by atoms with Gasteiger partial charge in [-0.05, 0) is 12.8 Å². The number of fused-ring (bicyclic) bond motifs is 1. The third kappa shape index (κ3) is 3.79. The van der Waals surface area contributed by atoms with E-state index in [1.807, 2.05) is 0 Å². The monoisotopic (exact) mass is 487 g/mol. The molecule has 0 spiro atoms. The fraction of sp³-hybridized carbons (Fsp3) is 0.889. The van der Waals surface area contributed by atoms with E-state index < -0.39 is 95.0 Å². The van der Waals surface area contributed by atoms with E-state index in [0.29, 0.717) is 12.8 Å². The number of esters is 2. The number of aliphatic hydroxyl groups is 1. The van der Waals surface area contributed by atoms with Crippen LogP contribution in [-0.2, 0) is 38.7 Å². The zero-order chi connectivity index (χ0) is 23.5. The minimum absolute atomic E-state index is 0.496. The zero-order valence-corrected chi connectivity index (χ0v) is 17.5. The van der Waals surface area contributed by atoms with Crippen LogP contribution >= 0.6 is 0 Å². The average molecular weight is 487 g/mol. The lowest BCUT2D eigenvalue weighted by Gasteiger charge is -2.38. The molecule has 0 aromatic heterocycles. The van der Waals surface area contributed by atoms with E-state index in [2.05, 4.69) is 4.74 Å². The Bertz CT molecular complexity index is 874. The average Bonchev–Trinajstić information content (AvgIpc) is 3.42. The van der Waals surface area contributed by atoms with Gasteiger partial charge in [-0.1, -0.05) is 12.8 Å². The number of carbonyl (C=O) groups is 2.